The maximum Gasteiger partial charge on any atom is 0.351 e. The fourth-order valence-corrected chi connectivity index (χ4v) is 2.66. The standard InChI is InChI=1S/C16H21N3O9/c1-8(20)25-6-11-5-19(16(23)17-15(11)18-24)14-4-12(27-10(3)22)13(28-14)7-26-9(2)21/h5,12-14,24H,4,6-7H2,1-3H3,(H,17,18,23)/t12-,13+,14+/m0/s1. The van der Waals surface area contributed by atoms with Crippen LogP contribution >= 0.6 is 0 Å². The molecule has 0 spiro atoms. The predicted molar refractivity (Wildman–Crippen MR) is 90.1 cm³/mol. The fraction of sp³-hybridized carbons (Fsp3) is 0.562. The molecule has 0 amide bonds. The van der Waals surface area contributed by atoms with Crippen LogP contribution < -0.4 is 11.2 Å². The smallest absolute Gasteiger partial charge is 0.351 e. The van der Waals surface area contributed by atoms with Crippen LogP contribution in [0.5, 0.6) is 0 Å². The Hall–Kier alpha value is -2.99. The Morgan fingerprint density at radius 1 is 1.25 bits per heavy atom. The zero-order valence-corrected chi connectivity index (χ0v) is 15.5. The van der Waals surface area contributed by atoms with Gasteiger partial charge in [0.15, 0.2) is 5.82 Å². The molecule has 28 heavy (non-hydrogen) atoms. The highest BCUT2D eigenvalue weighted by molar-refractivity contribution is 5.67. The Kier molecular flexibility index (Phi) is 7.06. The summed E-state index contributed by atoms with van der Waals surface area (Å²) in [6, 6.07) is 0. The van der Waals surface area contributed by atoms with Gasteiger partial charge >= 0.3 is 23.6 Å². The molecule has 0 radical (unpaired) electrons. The Morgan fingerprint density at radius 3 is 2.50 bits per heavy atom. The van der Waals surface area contributed by atoms with E-state index in [1.165, 1.54) is 27.0 Å². The second kappa shape index (κ2) is 9.28. The van der Waals surface area contributed by atoms with Crippen molar-refractivity contribution in [3.05, 3.63) is 22.2 Å². The quantitative estimate of drug-likeness (QED) is 0.358. The van der Waals surface area contributed by atoms with Crippen molar-refractivity contribution in [2.24, 2.45) is 0 Å². The van der Waals surface area contributed by atoms with Gasteiger partial charge in [-0.2, -0.15) is 4.98 Å². The van der Waals surface area contributed by atoms with Crippen molar-refractivity contribution in [1.29, 1.82) is 0 Å². The molecule has 1 aliphatic rings. The van der Waals surface area contributed by atoms with E-state index < -0.39 is 42.0 Å². The third-order valence-electron chi connectivity index (χ3n) is 3.82. The maximum atomic E-state index is 12.3. The average molecular weight is 399 g/mol. The highest BCUT2D eigenvalue weighted by atomic mass is 16.6. The molecule has 0 saturated carbocycles. The lowest BCUT2D eigenvalue weighted by molar-refractivity contribution is -0.155. The van der Waals surface area contributed by atoms with E-state index in [4.69, 9.17) is 24.2 Å². The second-order valence-corrected chi connectivity index (χ2v) is 6.01. The molecule has 12 heteroatoms. The average Bonchev–Trinajstić information content (AvgIpc) is 3.00. The number of nitrogens with zero attached hydrogens (tertiary/aromatic N) is 2. The molecule has 2 heterocycles. The number of ether oxygens (including phenoxy) is 4. The number of carbonyl (C=O) groups is 3. The summed E-state index contributed by atoms with van der Waals surface area (Å²) in [7, 11) is 0. The highest BCUT2D eigenvalue weighted by Crippen LogP contribution is 2.31. The van der Waals surface area contributed by atoms with Crippen molar-refractivity contribution in [2.75, 3.05) is 12.1 Å². The molecule has 1 aliphatic heterocycles. The third-order valence-corrected chi connectivity index (χ3v) is 3.82. The first kappa shape index (κ1) is 21.3. The normalized spacial score (nSPS) is 21.1. The zero-order chi connectivity index (χ0) is 20.8. The van der Waals surface area contributed by atoms with Gasteiger partial charge < -0.3 is 18.9 Å². The Bertz CT molecular complexity index is 807. The number of esters is 3. The van der Waals surface area contributed by atoms with Crippen LogP contribution in [0.25, 0.3) is 0 Å². The van der Waals surface area contributed by atoms with E-state index in [0.29, 0.717) is 0 Å². The van der Waals surface area contributed by atoms with Crippen LogP contribution in [0.3, 0.4) is 0 Å². The summed E-state index contributed by atoms with van der Waals surface area (Å²) in [4.78, 5) is 49.4. The number of anilines is 1. The molecular formula is C16H21N3O9. The lowest BCUT2D eigenvalue weighted by Gasteiger charge is -2.18. The Morgan fingerprint density at radius 2 is 1.93 bits per heavy atom. The minimum absolute atomic E-state index is 0.103. The van der Waals surface area contributed by atoms with Crippen LogP contribution in [0.15, 0.2) is 11.0 Å². The largest absolute Gasteiger partial charge is 0.463 e. The molecule has 1 aromatic heterocycles. The zero-order valence-electron chi connectivity index (χ0n) is 15.5. The maximum absolute atomic E-state index is 12.3. The lowest BCUT2D eigenvalue weighted by Crippen LogP contribution is -2.31. The van der Waals surface area contributed by atoms with Crippen LogP contribution in [0.4, 0.5) is 5.82 Å². The molecular weight excluding hydrogens is 378 g/mol. The van der Waals surface area contributed by atoms with Crippen LogP contribution in [0.2, 0.25) is 0 Å². The van der Waals surface area contributed by atoms with E-state index in [1.54, 1.807) is 5.48 Å². The number of aromatic nitrogens is 2. The van der Waals surface area contributed by atoms with Crippen molar-refractivity contribution >= 4 is 23.7 Å². The van der Waals surface area contributed by atoms with Crippen LogP contribution in [0, 0.1) is 0 Å². The SMILES string of the molecule is CC(=O)OCc1cn([C@H]2C[C@H](OC(C)=O)[C@@H](COC(C)=O)O2)c(=O)nc1NO. The summed E-state index contributed by atoms with van der Waals surface area (Å²) in [5.41, 5.74) is 1.23. The van der Waals surface area contributed by atoms with Gasteiger partial charge in [0.25, 0.3) is 0 Å². The lowest BCUT2D eigenvalue weighted by atomic mass is 10.2. The molecule has 2 N–H and O–H groups in total. The molecule has 3 atom stereocenters. The number of carbonyl (C=O) groups excluding carboxylic acids is 3. The Balaban J connectivity index is 2.28. The van der Waals surface area contributed by atoms with Gasteiger partial charge in [0.05, 0.1) is 5.56 Å². The number of rotatable bonds is 7. The molecule has 0 bridgehead atoms. The van der Waals surface area contributed by atoms with E-state index in [0.717, 1.165) is 4.57 Å². The molecule has 1 aromatic rings. The van der Waals surface area contributed by atoms with Gasteiger partial charge in [-0.25, -0.2) is 4.79 Å². The van der Waals surface area contributed by atoms with Crippen molar-refractivity contribution in [3.8, 4) is 0 Å². The molecule has 0 aliphatic carbocycles. The van der Waals surface area contributed by atoms with Crippen molar-refractivity contribution in [3.63, 3.8) is 0 Å². The topological polar surface area (TPSA) is 155 Å². The number of nitrogens with one attached hydrogen (secondary N) is 1. The van der Waals surface area contributed by atoms with Gasteiger partial charge in [0.2, 0.25) is 0 Å². The van der Waals surface area contributed by atoms with E-state index in [9.17, 15) is 19.2 Å². The summed E-state index contributed by atoms with van der Waals surface area (Å²) in [5.74, 6) is -1.82. The fourth-order valence-electron chi connectivity index (χ4n) is 2.66. The van der Waals surface area contributed by atoms with Gasteiger partial charge in [-0.3, -0.25) is 29.6 Å². The van der Waals surface area contributed by atoms with Crippen LogP contribution in [0.1, 0.15) is 39.0 Å². The first-order valence-corrected chi connectivity index (χ1v) is 8.32. The van der Waals surface area contributed by atoms with Gasteiger partial charge in [0.1, 0.15) is 31.6 Å². The van der Waals surface area contributed by atoms with Crippen molar-refractivity contribution in [2.45, 2.75) is 52.2 Å². The molecule has 154 valence electrons. The molecule has 0 unspecified atom stereocenters. The monoisotopic (exact) mass is 399 g/mol. The van der Waals surface area contributed by atoms with Crippen LogP contribution in [-0.4, -0.2) is 51.5 Å². The molecule has 1 fully saturated rings. The van der Waals surface area contributed by atoms with E-state index >= 15 is 0 Å². The number of hydrogen-bond acceptors (Lipinski definition) is 11. The van der Waals surface area contributed by atoms with Crippen molar-refractivity contribution < 1.29 is 38.5 Å². The summed E-state index contributed by atoms with van der Waals surface area (Å²) in [6.45, 7) is 3.25. The van der Waals surface area contributed by atoms with Gasteiger partial charge in [-0.05, 0) is 0 Å². The summed E-state index contributed by atoms with van der Waals surface area (Å²) < 4.78 is 21.8. The predicted octanol–water partition coefficient (Wildman–Crippen LogP) is -0.110. The molecule has 12 nitrogen and oxygen atoms in total. The highest BCUT2D eigenvalue weighted by Gasteiger charge is 2.40. The summed E-state index contributed by atoms with van der Waals surface area (Å²) in [5, 5.41) is 9.13. The van der Waals surface area contributed by atoms with E-state index in [2.05, 4.69) is 4.98 Å². The van der Waals surface area contributed by atoms with Gasteiger partial charge in [-0.1, -0.05) is 0 Å². The Labute approximate surface area is 159 Å². The van der Waals surface area contributed by atoms with Crippen molar-refractivity contribution in [1.82, 2.24) is 9.55 Å². The van der Waals surface area contributed by atoms with Crippen LogP contribution in [-0.2, 0) is 39.9 Å². The minimum Gasteiger partial charge on any atom is -0.463 e. The van der Waals surface area contributed by atoms with E-state index in [-0.39, 0.29) is 31.0 Å². The van der Waals surface area contributed by atoms with Gasteiger partial charge in [-0.15, -0.1) is 0 Å². The summed E-state index contributed by atoms with van der Waals surface area (Å²) in [6.07, 6.45) is -1.00. The molecule has 0 aromatic carbocycles. The molecule has 1 saturated heterocycles. The number of hydrogen-bond donors (Lipinski definition) is 2. The summed E-state index contributed by atoms with van der Waals surface area (Å²) >= 11 is 0. The first-order valence-electron chi connectivity index (χ1n) is 8.32. The van der Waals surface area contributed by atoms with E-state index in [1.807, 2.05) is 0 Å². The minimum atomic E-state index is -0.881. The molecule has 2 rings (SSSR count). The first-order chi connectivity index (χ1) is 13.2. The second-order valence-electron chi connectivity index (χ2n) is 6.01. The third kappa shape index (κ3) is 5.50. The van der Waals surface area contributed by atoms with Gasteiger partial charge in [0, 0.05) is 33.4 Å².